The van der Waals surface area contributed by atoms with Gasteiger partial charge in [0, 0.05) is 32.5 Å². The molecular weight excluding hydrogens is 322 g/mol. The lowest BCUT2D eigenvalue weighted by molar-refractivity contribution is -0.134. The van der Waals surface area contributed by atoms with Crippen molar-refractivity contribution < 1.29 is 9.53 Å². The Bertz CT molecular complexity index is 797. The summed E-state index contributed by atoms with van der Waals surface area (Å²) in [6.07, 6.45) is 1.99. The van der Waals surface area contributed by atoms with Crippen LogP contribution in [0.15, 0.2) is 54.0 Å². The van der Waals surface area contributed by atoms with Gasteiger partial charge in [-0.05, 0) is 23.6 Å². The molecule has 0 radical (unpaired) electrons. The van der Waals surface area contributed by atoms with Crippen molar-refractivity contribution in [2.24, 2.45) is 0 Å². The van der Waals surface area contributed by atoms with E-state index in [0.717, 1.165) is 21.8 Å². The molecule has 124 valence electrons. The maximum Gasteiger partial charge on any atom is 0.248 e. The predicted molar refractivity (Wildman–Crippen MR) is 95.2 cm³/mol. The van der Waals surface area contributed by atoms with Crippen LogP contribution < -0.4 is 0 Å². The zero-order valence-electron chi connectivity index (χ0n) is 13.7. The largest absolute Gasteiger partial charge is 0.375 e. The summed E-state index contributed by atoms with van der Waals surface area (Å²) in [5.74, 6) is -0.0536. The van der Waals surface area contributed by atoms with Crippen molar-refractivity contribution in [3.63, 3.8) is 0 Å². The molecule has 0 unspecified atom stereocenters. The van der Waals surface area contributed by atoms with E-state index in [4.69, 9.17) is 9.84 Å². The van der Waals surface area contributed by atoms with Gasteiger partial charge in [0.05, 0.1) is 10.6 Å². The highest BCUT2D eigenvalue weighted by atomic mass is 32.1. The smallest absolute Gasteiger partial charge is 0.248 e. The molecule has 0 fully saturated rings. The summed E-state index contributed by atoms with van der Waals surface area (Å²) in [7, 11) is 3.30. The topological polar surface area (TPSA) is 47.4 Å². The second kappa shape index (κ2) is 7.42. The number of thiophene rings is 1. The van der Waals surface area contributed by atoms with Crippen molar-refractivity contribution in [3.8, 4) is 16.3 Å². The van der Waals surface area contributed by atoms with Crippen LogP contribution >= 0.6 is 11.3 Å². The molecule has 6 heteroatoms. The quantitative estimate of drug-likeness (QED) is 0.692. The molecule has 0 aliphatic rings. The summed E-state index contributed by atoms with van der Waals surface area (Å²) in [6.45, 7) is 0.569. The second-order valence-corrected chi connectivity index (χ2v) is 6.39. The molecule has 3 aromatic rings. The third kappa shape index (κ3) is 3.55. The van der Waals surface area contributed by atoms with Gasteiger partial charge in [0.2, 0.25) is 5.91 Å². The highest BCUT2D eigenvalue weighted by Crippen LogP contribution is 2.28. The number of rotatable bonds is 6. The maximum absolute atomic E-state index is 12.0. The normalized spacial score (nSPS) is 10.8. The van der Waals surface area contributed by atoms with Gasteiger partial charge in [0.25, 0.3) is 0 Å². The minimum atomic E-state index is -0.0536. The van der Waals surface area contributed by atoms with E-state index in [1.807, 2.05) is 58.7 Å². The van der Waals surface area contributed by atoms with Gasteiger partial charge in [0.15, 0.2) is 0 Å². The number of hydrogen-bond acceptors (Lipinski definition) is 4. The van der Waals surface area contributed by atoms with E-state index in [1.54, 1.807) is 23.3 Å². The molecule has 0 aliphatic carbocycles. The summed E-state index contributed by atoms with van der Waals surface area (Å²) in [5, 5.41) is 6.77. The predicted octanol–water partition coefficient (Wildman–Crippen LogP) is 3.21. The van der Waals surface area contributed by atoms with E-state index in [1.165, 1.54) is 7.11 Å². The third-order valence-corrected chi connectivity index (χ3v) is 4.54. The fraction of sp³-hybridized carbons (Fsp3) is 0.222. The molecule has 2 heterocycles. The van der Waals surface area contributed by atoms with Gasteiger partial charge in [-0.3, -0.25) is 4.79 Å². The van der Waals surface area contributed by atoms with Crippen molar-refractivity contribution in [1.29, 1.82) is 0 Å². The summed E-state index contributed by atoms with van der Waals surface area (Å²) >= 11 is 1.64. The number of likely N-dealkylation sites (N-methyl/N-ethyl adjacent to an activating group) is 1. The Morgan fingerprint density at radius 2 is 2.04 bits per heavy atom. The molecule has 1 amide bonds. The van der Waals surface area contributed by atoms with Crippen molar-refractivity contribution in [2.75, 3.05) is 20.8 Å². The number of aromatic nitrogens is 2. The van der Waals surface area contributed by atoms with Gasteiger partial charge < -0.3 is 9.64 Å². The summed E-state index contributed by atoms with van der Waals surface area (Å²) in [4.78, 5) is 14.7. The fourth-order valence-corrected chi connectivity index (χ4v) is 3.18. The Hall–Kier alpha value is -2.44. The van der Waals surface area contributed by atoms with Crippen LogP contribution in [0.2, 0.25) is 0 Å². The lowest BCUT2D eigenvalue weighted by Gasteiger charge is -2.16. The standard InChI is InChI=1S/C18H19N3O2S/c1-20(17(22)13-23-2)11-14-12-21(15-7-4-3-5-8-15)19-18(14)16-9-6-10-24-16/h3-10,12H,11,13H2,1-2H3. The van der Waals surface area contributed by atoms with Crippen LogP contribution in [-0.4, -0.2) is 41.4 Å². The Labute approximate surface area is 145 Å². The Balaban J connectivity index is 1.95. The van der Waals surface area contributed by atoms with Gasteiger partial charge in [-0.1, -0.05) is 24.3 Å². The summed E-state index contributed by atoms with van der Waals surface area (Å²) < 4.78 is 6.79. The van der Waals surface area contributed by atoms with Crippen LogP contribution in [0.25, 0.3) is 16.3 Å². The summed E-state index contributed by atoms with van der Waals surface area (Å²) in [6, 6.07) is 14.0. The first-order chi connectivity index (χ1) is 11.7. The first kappa shape index (κ1) is 16.4. The number of amides is 1. The molecule has 0 atom stereocenters. The second-order valence-electron chi connectivity index (χ2n) is 5.44. The molecule has 0 N–H and O–H groups in total. The van der Waals surface area contributed by atoms with Crippen LogP contribution in [0.1, 0.15) is 5.56 Å². The molecule has 1 aromatic carbocycles. The minimum absolute atomic E-state index is 0.0536. The molecular formula is C18H19N3O2S. The molecule has 2 aromatic heterocycles. The maximum atomic E-state index is 12.0. The molecule has 0 saturated heterocycles. The number of para-hydroxylation sites is 1. The minimum Gasteiger partial charge on any atom is -0.375 e. The molecule has 3 rings (SSSR count). The first-order valence-corrected chi connectivity index (χ1v) is 8.47. The number of nitrogens with zero attached hydrogens (tertiary/aromatic N) is 3. The van der Waals surface area contributed by atoms with E-state index in [-0.39, 0.29) is 12.5 Å². The highest BCUT2D eigenvalue weighted by Gasteiger charge is 2.17. The third-order valence-electron chi connectivity index (χ3n) is 3.67. The molecule has 24 heavy (non-hydrogen) atoms. The van der Waals surface area contributed by atoms with Gasteiger partial charge in [0.1, 0.15) is 12.3 Å². The molecule has 0 saturated carbocycles. The number of methoxy groups -OCH3 is 1. The van der Waals surface area contributed by atoms with E-state index < -0.39 is 0 Å². The number of hydrogen-bond donors (Lipinski definition) is 0. The van der Waals surface area contributed by atoms with Gasteiger partial charge >= 0.3 is 0 Å². The van der Waals surface area contributed by atoms with E-state index in [9.17, 15) is 4.79 Å². The van der Waals surface area contributed by atoms with Crippen molar-refractivity contribution in [2.45, 2.75) is 6.54 Å². The Morgan fingerprint density at radius 3 is 2.71 bits per heavy atom. The van der Waals surface area contributed by atoms with E-state index in [2.05, 4.69) is 0 Å². The zero-order valence-corrected chi connectivity index (χ0v) is 14.5. The highest BCUT2D eigenvalue weighted by molar-refractivity contribution is 7.13. The zero-order chi connectivity index (χ0) is 16.9. The fourth-order valence-electron chi connectivity index (χ4n) is 2.44. The van der Waals surface area contributed by atoms with Crippen molar-refractivity contribution >= 4 is 17.2 Å². The Morgan fingerprint density at radius 1 is 1.25 bits per heavy atom. The summed E-state index contributed by atoms with van der Waals surface area (Å²) in [5.41, 5.74) is 2.91. The number of ether oxygens (including phenoxy) is 1. The first-order valence-electron chi connectivity index (χ1n) is 7.60. The monoisotopic (exact) mass is 341 g/mol. The molecule has 0 spiro atoms. The lowest BCUT2D eigenvalue weighted by Crippen LogP contribution is -2.29. The van der Waals surface area contributed by atoms with E-state index >= 15 is 0 Å². The van der Waals surface area contributed by atoms with Gasteiger partial charge in [-0.25, -0.2) is 4.68 Å². The number of benzene rings is 1. The van der Waals surface area contributed by atoms with Gasteiger partial charge in [-0.15, -0.1) is 11.3 Å². The average Bonchev–Trinajstić information content (AvgIpc) is 3.25. The van der Waals surface area contributed by atoms with Gasteiger partial charge in [-0.2, -0.15) is 5.10 Å². The van der Waals surface area contributed by atoms with E-state index in [0.29, 0.717) is 6.54 Å². The number of carbonyl (C=O) groups is 1. The SMILES string of the molecule is COCC(=O)N(C)Cc1cn(-c2ccccc2)nc1-c1cccs1. The Kier molecular flexibility index (Phi) is 5.08. The van der Waals surface area contributed by atoms with Crippen LogP contribution in [0.5, 0.6) is 0 Å². The van der Waals surface area contributed by atoms with Crippen molar-refractivity contribution in [3.05, 3.63) is 59.6 Å². The average molecular weight is 341 g/mol. The lowest BCUT2D eigenvalue weighted by atomic mass is 10.2. The van der Waals surface area contributed by atoms with Crippen LogP contribution in [0.4, 0.5) is 0 Å². The molecule has 0 bridgehead atoms. The van der Waals surface area contributed by atoms with Crippen LogP contribution in [0.3, 0.4) is 0 Å². The molecule has 5 nitrogen and oxygen atoms in total. The van der Waals surface area contributed by atoms with Crippen LogP contribution in [-0.2, 0) is 16.1 Å². The van der Waals surface area contributed by atoms with Crippen LogP contribution in [0, 0.1) is 0 Å². The number of carbonyl (C=O) groups excluding carboxylic acids is 1. The molecule has 0 aliphatic heterocycles. The van der Waals surface area contributed by atoms with Crippen molar-refractivity contribution in [1.82, 2.24) is 14.7 Å².